The molecular weight excluding hydrogens is 881 g/mol. The summed E-state index contributed by atoms with van der Waals surface area (Å²) < 4.78 is 14.3. The van der Waals surface area contributed by atoms with Crippen molar-refractivity contribution in [3.8, 4) is 23.0 Å². The number of nitrogens with zero attached hydrogens (tertiary/aromatic N) is 6. The van der Waals surface area contributed by atoms with Crippen LogP contribution in [0.3, 0.4) is 0 Å². The van der Waals surface area contributed by atoms with Gasteiger partial charge in [0.15, 0.2) is 17.1 Å². The Morgan fingerprint density at radius 1 is 0.643 bits per heavy atom. The van der Waals surface area contributed by atoms with Crippen LogP contribution in [0.1, 0.15) is 62.4 Å². The molecule has 0 radical (unpaired) electrons. The molecule has 3 aliphatic heterocycles. The number of para-hydroxylation sites is 6. The number of aromatic nitrogens is 3. The van der Waals surface area contributed by atoms with Gasteiger partial charge in [0.2, 0.25) is 0 Å². The van der Waals surface area contributed by atoms with E-state index < -0.39 is 17.4 Å². The molecular formula is C57H46N6O7. The fourth-order valence-electron chi connectivity index (χ4n) is 9.62. The molecule has 0 spiro atoms. The summed E-state index contributed by atoms with van der Waals surface area (Å²) in [6.45, 7) is 2.19. The van der Waals surface area contributed by atoms with E-state index in [1.54, 1.807) is 93.0 Å². The highest BCUT2D eigenvalue weighted by Crippen LogP contribution is 2.50. The summed E-state index contributed by atoms with van der Waals surface area (Å²) in [6, 6.07) is 51.2. The van der Waals surface area contributed by atoms with Crippen LogP contribution in [0.5, 0.6) is 23.0 Å². The molecule has 0 saturated heterocycles. The maximum absolute atomic E-state index is 15.2. The Bertz CT molecular complexity index is 3350. The zero-order valence-corrected chi connectivity index (χ0v) is 38.0. The van der Waals surface area contributed by atoms with Crippen molar-refractivity contribution in [1.82, 2.24) is 15.0 Å². The van der Waals surface area contributed by atoms with Crippen molar-refractivity contribution in [3.63, 3.8) is 0 Å². The highest BCUT2D eigenvalue weighted by molar-refractivity contribution is 6.16. The highest BCUT2D eigenvalue weighted by Gasteiger charge is 2.53. The number of aliphatic hydroxyl groups is 2. The van der Waals surface area contributed by atoms with E-state index in [1.807, 2.05) is 121 Å². The fraction of sp³-hybridized carbons (Fsp3) is 0.140. The molecule has 7 aromatic carbocycles. The summed E-state index contributed by atoms with van der Waals surface area (Å²) in [7, 11) is 0. The molecule has 11 rings (SSSR count). The number of hydrogen-bond donors (Lipinski definition) is 2. The number of ether oxygens (including phenoxy) is 2. The Morgan fingerprint density at radius 3 is 1.87 bits per heavy atom. The summed E-state index contributed by atoms with van der Waals surface area (Å²) in [4.78, 5) is 48.8. The zero-order valence-electron chi connectivity index (χ0n) is 38.0. The van der Waals surface area contributed by atoms with E-state index >= 15 is 4.79 Å². The predicted molar refractivity (Wildman–Crippen MR) is 265 cm³/mol. The first kappa shape index (κ1) is 43.9. The minimum atomic E-state index is -2.08. The van der Waals surface area contributed by atoms with Crippen molar-refractivity contribution < 1.29 is 34.1 Å². The van der Waals surface area contributed by atoms with Crippen molar-refractivity contribution in [2.75, 3.05) is 21.3 Å². The Kier molecular flexibility index (Phi) is 11.4. The average molecular weight is 927 g/mol. The normalized spacial score (nSPS) is 16.8. The highest BCUT2D eigenvalue weighted by atomic mass is 16.5. The molecule has 1 unspecified atom stereocenters. The Hall–Kier alpha value is -8.65. The molecule has 3 aliphatic rings. The predicted octanol–water partition coefficient (Wildman–Crippen LogP) is 10.6. The van der Waals surface area contributed by atoms with Crippen LogP contribution < -0.4 is 24.2 Å². The van der Waals surface area contributed by atoms with E-state index in [0.717, 1.165) is 5.56 Å². The first-order valence-corrected chi connectivity index (χ1v) is 23.1. The van der Waals surface area contributed by atoms with Crippen LogP contribution in [0, 0.1) is 5.92 Å². The molecule has 13 heteroatoms. The van der Waals surface area contributed by atoms with Gasteiger partial charge in [0, 0.05) is 35.6 Å². The average Bonchev–Trinajstić information content (AvgIpc) is 3.85. The van der Waals surface area contributed by atoms with Crippen LogP contribution in [0.4, 0.5) is 28.4 Å². The molecule has 4 heterocycles. The van der Waals surface area contributed by atoms with E-state index in [2.05, 4.69) is 10.3 Å². The number of fused-ring (bicyclic) bond motifs is 5. The lowest BCUT2D eigenvalue weighted by Gasteiger charge is -2.29. The molecule has 1 aromatic heterocycles. The van der Waals surface area contributed by atoms with Crippen LogP contribution in [-0.2, 0) is 23.5 Å². The van der Waals surface area contributed by atoms with Gasteiger partial charge in [0.1, 0.15) is 11.5 Å². The number of aryl methyl sites for hydroxylation is 1. The molecule has 3 amide bonds. The minimum absolute atomic E-state index is 0.0493. The van der Waals surface area contributed by atoms with Crippen LogP contribution in [-0.4, -0.2) is 49.5 Å². The van der Waals surface area contributed by atoms with Gasteiger partial charge in [-0.1, -0.05) is 115 Å². The molecule has 0 bridgehead atoms. The molecule has 8 aromatic rings. The summed E-state index contributed by atoms with van der Waals surface area (Å²) >= 11 is 0. The van der Waals surface area contributed by atoms with Crippen LogP contribution >= 0.6 is 0 Å². The SMILES string of the molecule is C[C@H](/C=C/CCn1cc(C(CO)c2ccccc2)nn1)[C@@]1(O)C(=O)N(Cc2cccc(N3C(=O)c4ccccc4Oc4ccccc43)c2)c2ccc(N3C(=O)c4ccccc4Oc4ccccc43)cc21. The molecule has 346 valence electrons. The second-order valence-electron chi connectivity index (χ2n) is 17.5. The maximum Gasteiger partial charge on any atom is 0.266 e. The number of carbonyl (C=O) groups excluding carboxylic acids is 3. The number of rotatable bonds is 12. The number of allylic oxidation sites excluding steroid dienone is 1. The van der Waals surface area contributed by atoms with Crippen LogP contribution in [0.25, 0.3) is 0 Å². The standard InChI is InChI=1S/C57H46N6O7/c1-37(16-13-14-31-60-35-46(58-59-60)44(36-64)39-18-3-2-4-19-39)57(68)45-33-41(63-49-24-8-12-28-53(49)70-51-26-10-6-22-43(51)55(63)66)29-30-47(45)61(56(57)67)34-38-17-15-20-40(32-38)62-48-23-7-11-27-52(48)69-50-25-9-5-21-42(50)54(62)65/h2-13,15-30,32-33,35,37,44,64,68H,14,31,34,36H2,1H3/b16-13+/t37-,44?,57+/m1/s1. The van der Waals surface area contributed by atoms with E-state index in [9.17, 15) is 19.8 Å². The van der Waals surface area contributed by atoms with Gasteiger partial charge in [-0.15, -0.1) is 5.10 Å². The van der Waals surface area contributed by atoms with Crippen molar-refractivity contribution in [2.24, 2.45) is 5.92 Å². The summed E-state index contributed by atoms with van der Waals surface area (Å²) in [5.41, 5.74) is 3.84. The van der Waals surface area contributed by atoms with Crippen LogP contribution in [0.15, 0.2) is 188 Å². The first-order valence-electron chi connectivity index (χ1n) is 23.1. The molecule has 3 atom stereocenters. The smallest absolute Gasteiger partial charge is 0.266 e. The summed E-state index contributed by atoms with van der Waals surface area (Å²) in [6.07, 6.45) is 6.07. The molecule has 0 fully saturated rings. The number of anilines is 5. The van der Waals surface area contributed by atoms with Crippen molar-refractivity contribution in [2.45, 2.75) is 38.0 Å². The fourth-order valence-corrected chi connectivity index (χ4v) is 9.62. The van der Waals surface area contributed by atoms with Gasteiger partial charge in [-0.3, -0.25) is 28.9 Å². The maximum atomic E-state index is 15.2. The second-order valence-corrected chi connectivity index (χ2v) is 17.5. The lowest BCUT2D eigenvalue weighted by molar-refractivity contribution is -0.139. The van der Waals surface area contributed by atoms with Gasteiger partial charge < -0.3 is 24.6 Å². The van der Waals surface area contributed by atoms with Crippen LogP contribution in [0.2, 0.25) is 0 Å². The summed E-state index contributed by atoms with van der Waals surface area (Å²) in [5.74, 6) is -0.376. The molecule has 2 N–H and O–H groups in total. The number of benzene rings is 7. The lowest BCUT2D eigenvalue weighted by Crippen LogP contribution is -2.44. The van der Waals surface area contributed by atoms with Gasteiger partial charge in [0.25, 0.3) is 17.7 Å². The van der Waals surface area contributed by atoms with E-state index in [4.69, 9.17) is 9.47 Å². The van der Waals surface area contributed by atoms with E-state index in [-0.39, 0.29) is 30.9 Å². The number of hydrogen-bond acceptors (Lipinski definition) is 9. The Balaban J connectivity index is 0.937. The van der Waals surface area contributed by atoms with Gasteiger partial charge in [-0.2, -0.15) is 0 Å². The molecule has 0 saturated carbocycles. The van der Waals surface area contributed by atoms with Crippen molar-refractivity contribution >= 4 is 46.2 Å². The third-order valence-corrected chi connectivity index (χ3v) is 13.2. The van der Waals surface area contributed by atoms with Crippen molar-refractivity contribution in [3.05, 3.63) is 222 Å². The van der Waals surface area contributed by atoms with Gasteiger partial charge in [-0.25, -0.2) is 0 Å². The van der Waals surface area contributed by atoms with Crippen molar-refractivity contribution in [1.29, 1.82) is 0 Å². The molecule has 13 nitrogen and oxygen atoms in total. The topological polar surface area (TPSA) is 151 Å². The second kappa shape index (κ2) is 18.1. The zero-order chi connectivity index (χ0) is 47.9. The number of carbonyl (C=O) groups is 3. The Morgan fingerprint density at radius 2 is 1.23 bits per heavy atom. The third kappa shape index (κ3) is 7.67. The molecule has 70 heavy (non-hydrogen) atoms. The van der Waals surface area contributed by atoms with Gasteiger partial charge in [-0.05, 0) is 96.4 Å². The third-order valence-electron chi connectivity index (χ3n) is 13.2. The first-order chi connectivity index (χ1) is 34.2. The lowest BCUT2D eigenvalue weighted by atomic mass is 9.82. The quantitative estimate of drug-likeness (QED) is 0.114. The van der Waals surface area contributed by atoms with Gasteiger partial charge in [0.05, 0.1) is 53.0 Å². The summed E-state index contributed by atoms with van der Waals surface area (Å²) in [5, 5.41) is 31.9. The van der Waals surface area contributed by atoms with Gasteiger partial charge >= 0.3 is 0 Å². The van der Waals surface area contributed by atoms with E-state index in [0.29, 0.717) is 92.3 Å². The largest absolute Gasteiger partial charge is 0.454 e. The van der Waals surface area contributed by atoms with E-state index in [1.165, 1.54) is 0 Å². The number of aliphatic hydroxyl groups excluding tert-OH is 1. The minimum Gasteiger partial charge on any atom is -0.454 e. The monoisotopic (exact) mass is 926 g/mol. The Labute approximate surface area is 403 Å². The number of amides is 3. The molecule has 0 aliphatic carbocycles.